The molecule has 2 aromatic carbocycles. The van der Waals surface area contributed by atoms with Crippen LogP contribution in [0.25, 0.3) is 6.08 Å². The Morgan fingerprint density at radius 3 is 2.57 bits per heavy atom. The molecule has 0 saturated carbocycles. The van der Waals surface area contributed by atoms with Crippen LogP contribution < -0.4 is 10.1 Å². The molecule has 0 aliphatic rings. The highest BCUT2D eigenvalue weighted by molar-refractivity contribution is 6.06. The Labute approximate surface area is 134 Å². The van der Waals surface area contributed by atoms with Crippen LogP contribution in [-0.4, -0.2) is 24.1 Å². The molecule has 0 aromatic heterocycles. The number of carbonyl (C=O) groups excluding carboxylic acids is 1. The van der Waals surface area contributed by atoms with E-state index in [9.17, 15) is 9.59 Å². The topological polar surface area (TPSA) is 75.6 Å². The molecule has 2 rings (SSSR count). The molecule has 1 amide bonds. The van der Waals surface area contributed by atoms with E-state index < -0.39 is 5.97 Å². The maximum Gasteiger partial charge on any atom is 0.335 e. The lowest BCUT2D eigenvalue weighted by molar-refractivity contribution is -0.112. The maximum atomic E-state index is 12.2. The van der Waals surface area contributed by atoms with Crippen LogP contribution in [0.4, 0.5) is 5.69 Å². The molecule has 5 heteroatoms. The molecular weight excluding hydrogens is 294 g/mol. The lowest BCUT2D eigenvalue weighted by Gasteiger charge is -2.07. The van der Waals surface area contributed by atoms with Crippen molar-refractivity contribution in [3.05, 3.63) is 65.2 Å². The number of methoxy groups -OCH3 is 1. The molecule has 2 N–H and O–H groups in total. The Kier molecular flexibility index (Phi) is 5.15. The van der Waals surface area contributed by atoms with E-state index in [1.54, 1.807) is 32.2 Å². The molecule has 0 fully saturated rings. The van der Waals surface area contributed by atoms with E-state index in [1.165, 1.54) is 12.1 Å². The normalized spacial score (nSPS) is 11.0. The lowest BCUT2D eigenvalue weighted by Crippen LogP contribution is -2.13. The van der Waals surface area contributed by atoms with Gasteiger partial charge in [-0.1, -0.05) is 18.2 Å². The number of nitrogens with one attached hydrogen (secondary N) is 1. The first-order valence-electron chi connectivity index (χ1n) is 6.96. The number of anilines is 1. The standard InChI is InChI=1S/C18H17NO4/c1-12(9-13-5-3-8-16(10-13)23-2)17(20)19-15-7-4-6-14(11-15)18(21)22/h3-11H,1-2H3,(H,19,20)(H,21,22). The fourth-order valence-electron chi connectivity index (χ4n) is 2.01. The van der Waals surface area contributed by atoms with Crippen molar-refractivity contribution >= 4 is 23.6 Å². The van der Waals surface area contributed by atoms with Gasteiger partial charge in [-0.25, -0.2) is 4.79 Å². The number of rotatable bonds is 5. The summed E-state index contributed by atoms with van der Waals surface area (Å²) >= 11 is 0. The van der Waals surface area contributed by atoms with Crippen molar-refractivity contribution in [3.63, 3.8) is 0 Å². The Morgan fingerprint density at radius 1 is 1.13 bits per heavy atom. The quantitative estimate of drug-likeness (QED) is 0.829. The summed E-state index contributed by atoms with van der Waals surface area (Å²) in [4.78, 5) is 23.1. The number of carboxylic acids is 1. The van der Waals surface area contributed by atoms with Crippen LogP contribution in [0.3, 0.4) is 0 Å². The van der Waals surface area contributed by atoms with E-state index in [4.69, 9.17) is 9.84 Å². The van der Waals surface area contributed by atoms with Gasteiger partial charge in [0.1, 0.15) is 5.75 Å². The molecule has 5 nitrogen and oxygen atoms in total. The van der Waals surface area contributed by atoms with Crippen LogP contribution in [-0.2, 0) is 4.79 Å². The molecular formula is C18H17NO4. The van der Waals surface area contributed by atoms with Gasteiger partial charge >= 0.3 is 5.97 Å². The van der Waals surface area contributed by atoms with Crippen LogP contribution in [0.5, 0.6) is 5.75 Å². The highest BCUT2D eigenvalue weighted by Crippen LogP contribution is 2.17. The van der Waals surface area contributed by atoms with Crippen LogP contribution in [0.15, 0.2) is 54.1 Å². The highest BCUT2D eigenvalue weighted by Gasteiger charge is 2.08. The van der Waals surface area contributed by atoms with Gasteiger partial charge in [0.2, 0.25) is 0 Å². The number of ether oxygens (including phenoxy) is 1. The second-order valence-corrected chi connectivity index (χ2v) is 4.94. The minimum atomic E-state index is -1.04. The van der Waals surface area contributed by atoms with E-state index in [1.807, 2.05) is 24.3 Å². The average molecular weight is 311 g/mol. The number of aromatic carboxylic acids is 1. The van der Waals surface area contributed by atoms with E-state index in [0.29, 0.717) is 17.0 Å². The third-order valence-electron chi connectivity index (χ3n) is 3.20. The minimum Gasteiger partial charge on any atom is -0.497 e. The second kappa shape index (κ2) is 7.26. The second-order valence-electron chi connectivity index (χ2n) is 4.94. The molecule has 0 spiro atoms. The Bertz CT molecular complexity index is 765. The van der Waals surface area contributed by atoms with Crippen LogP contribution in [0, 0.1) is 0 Å². The maximum absolute atomic E-state index is 12.2. The summed E-state index contributed by atoms with van der Waals surface area (Å²) in [5.74, 6) is -0.624. The van der Waals surface area contributed by atoms with Crippen molar-refractivity contribution in [3.8, 4) is 5.75 Å². The first kappa shape index (κ1) is 16.3. The molecule has 0 saturated heterocycles. The third-order valence-corrected chi connectivity index (χ3v) is 3.20. The van der Waals surface area contributed by atoms with E-state index in [-0.39, 0.29) is 11.5 Å². The van der Waals surface area contributed by atoms with Crippen molar-refractivity contribution in [2.75, 3.05) is 12.4 Å². The summed E-state index contributed by atoms with van der Waals surface area (Å²) in [7, 11) is 1.58. The molecule has 118 valence electrons. The summed E-state index contributed by atoms with van der Waals surface area (Å²) in [6.45, 7) is 1.69. The fourth-order valence-corrected chi connectivity index (χ4v) is 2.01. The van der Waals surface area contributed by atoms with Crippen molar-refractivity contribution in [1.82, 2.24) is 0 Å². The minimum absolute atomic E-state index is 0.122. The van der Waals surface area contributed by atoms with Gasteiger partial charge in [-0.15, -0.1) is 0 Å². The number of carboxylic acid groups (broad SMARTS) is 1. The molecule has 0 unspecified atom stereocenters. The van der Waals surface area contributed by atoms with Gasteiger partial charge in [0, 0.05) is 11.3 Å². The van der Waals surface area contributed by atoms with Crippen LogP contribution in [0.2, 0.25) is 0 Å². The first-order chi connectivity index (χ1) is 11.0. The summed E-state index contributed by atoms with van der Waals surface area (Å²) < 4.78 is 5.14. The van der Waals surface area contributed by atoms with E-state index in [0.717, 1.165) is 5.56 Å². The van der Waals surface area contributed by atoms with Gasteiger partial charge in [0.05, 0.1) is 12.7 Å². The van der Waals surface area contributed by atoms with Crippen LogP contribution >= 0.6 is 0 Å². The zero-order valence-electron chi connectivity index (χ0n) is 12.9. The Morgan fingerprint density at radius 2 is 1.87 bits per heavy atom. The summed E-state index contributed by atoms with van der Waals surface area (Å²) in [6, 6.07) is 13.5. The molecule has 2 aromatic rings. The largest absolute Gasteiger partial charge is 0.497 e. The summed E-state index contributed by atoms with van der Waals surface area (Å²) in [6.07, 6.45) is 1.74. The van der Waals surface area contributed by atoms with Gasteiger partial charge in [-0.05, 0) is 48.9 Å². The molecule has 0 atom stereocenters. The number of hydrogen-bond acceptors (Lipinski definition) is 3. The van der Waals surface area contributed by atoms with E-state index >= 15 is 0 Å². The van der Waals surface area contributed by atoms with Gasteiger partial charge < -0.3 is 15.2 Å². The zero-order valence-corrected chi connectivity index (χ0v) is 12.9. The number of carbonyl (C=O) groups is 2. The predicted molar refractivity (Wildman–Crippen MR) is 88.7 cm³/mol. The summed E-state index contributed by atoms with van der Waals surface area (Å²) in [5, 5.41) is 11.6. The fraction of sp³-hybridized carbons (Fsp3) is 0.111. The Hall–Kier alpha value is -3.08. The van der Waals surface area contributed by atoms with Gasteiger partial charge in [-0.3, -0.25) is 4.79 Å². The highest BCUT2D eigenvalue weighted by atomic mass is 16.5. The van der Waals surface area contributed by atoms with Gasteiger partial charge in [0.15, 0.2) is 0 Å². The van der Waals surface area contributed by atoms with E-state index in [2.05, 4.69) is 5.32 Å². The zero-order chi connectivity index (χ0) is 16.8. The molecule has 0 heterocycles. The Balaban J connectivity index is 2.14. The van der Waals surface area contributed by atoms with Gasteiger partial charge in [-0.2, -0.15) is 0 Å². The van der Waals surface area contributed by atoms with Gasteiger partial charge in [0.25, 0.3) is 5.91 Å². The molecule has 0 radical (unpaired) electrons. The number of hydrogen-bond donors (Lipinski definition) is 2. The van der Waals surface area contributed by atoms with Crippen LogP contribution in [0.1, 0.15) is 22.8 Å². The molecule has 0 aliphatic carbocycles. The monoisotopic (exact) mass is 311 g/mol. The van der Waals surface area contributed by atoms with Crippen molar-refractivity contribution < 1.29 is 19.4 Å². The van der Waals surface area contributed by atoms with Crippen molar-refractivity contribution in [2.24, 2.45) is 0 Å². The predicted octanol–water partition coefficient (Wildman–Crippen LogP) is 3.44. The number of amides is 1. The number of benzene rings is 2. The average Bonchev–Trinajstić information content (AvgIpc) is 2.55. The first-order valence-corrected chi connectivity index (χ1v) is 6.96. The summed E-state index contributed by atoms with van der Waals surface area (Å²) in [5.41, 5.74) is 1.90. The van der Waals surface area contributed by atoms with Crippen molar-refractivity contribution in [2.45, 2.75) is 6.92 Å². The van der Waals surface area contributed by atoms with Crippen molar-refractivity contribution in [1.29, 1.82) is 0 Å². The lowest BCUT2D eigenvalue weighted by atomic mass is 10.1. The smallest absolute Gasteiger partial charge is 0.335 e. The molecule has 23 heavy (non-hydrogen) atoms. The third kappa shape index (κ3) is 4.44. The molecule has 0 bridgehead atoms. The SMILES string of the molecule is COc1cccc(C=C(C)C(=O)Nc2cccc(C(=O)O)c2)c1. The molecule has 0 aliphatic heterocycles.